The number of hydrogen-bond donors (Lipinski definition) is 0. The number of nitrogens with zero attached hydrogens (tertiary/aromatic N) is 3. The van der Waals surface area contributed by atoms with Crippen LogP contribution in [0.3, 0.4) is 0 Å². The van der Waals surface area contributed by atoms with Gasteiger partial charge in [-0.3, -0.25) is 4.57 Å². The van der Waals surface area contributed by atoms with Crippen LogP contribution in [0.2, 0.25) is 0 Å². The Morgan fingerprint density at radius 3 is 2.54 bits per heavy atom. The van der Waals surface area contributed by atoms with Crippen molar-refractivity contribution in [2.45, 2.75) is 0 Å². The zero-order chi connectivity index (χ0) is 17.1. The molecular weight excluding hydrogens is 322 g/mol. The van der Waals surface area contributed by atoms with Gasteiger partial charge in [0.05, 0.1) is 23.5 Å². The van der Waals surface area contributed by atoms with Crippen LogP contribution in [-0.2, 0) is 0 Å². The van der Waals surface area contributed by atoms with Gasteiger partial charge in [0, 0.05) is 26.9 Å². The maximum Gasteiger partial charge on any atom is 0.168 e. The summed E-state index contributed by atoms with van der Waals surface area (Å²) in [7, 11) is 0. The van der Waals surface area contributed by atoms with E-state index in [0.717, 1.165) is 44.0 Å². The molecule has 0 saturated carbocycles. The minimum Gasteiger partial charge on any atom is -0.464 e. The van der Waals surface area contributed by atoms with Crippen molar-refractivity contribution in [2.24, 2.45) is 0 Å². The predicted molar refractivity (Wildman–Crippen MR) is 104 cm³/mol. The Kier molecular flexibility index (Phi) is 2.58. The molecule has 122 valence electrons. The van der Waals surface area contributed by atoms with Crippen LogP contribution >= 0.6 is 0 Å². The second-order valence-corrected chi connectivity index (χ2v) is 6.44. The third-order valence-electron chi connectivity index (χ3n) is 5.01. The molecule has 0 aliphatic carbocycles. The van der Waals surface area contributed by atoms with Crippen LogP contribution in [0.1, 0.15) is 0 Å². The predicted octanol–water partition coefficient (Wildman–Crippen LogP) is 5.47. The van der Waals surface area contributed by atoms with E-state index < -0.39 is 0 Å². The first-order valence-corrected chi connectivity index (χ1v) is 8.51. The number of para-hydroxylation sites is 1. The molecule has 0 unspecified atom stereocenters. The molecule has 3 heterocycles. The van der Waals surface area contributed by atoms with Gasteiger partial charge in [-0.15, -0.1) is 5.10 Å². The molecule has 0 fully saturated rings. The lowest BCUT2D eigenvalue weighted by atomic mass is 10.1. The zero-order valence-corrected chi connectivity index (χ0v) is 13.8. The Morgan fingerprint density at radius 1 is 0.731 bits per heavy atom. The van der Waals surface area contributed by atoms with Crippen LogP contribution in [0.5, 0.6) is 0 Å². The van der Waals surface area contributed by atoms with Gasteiger partial charge < -0.3 is 4.42 Å². The summed E-state index contributed by atoms with van der Waals surface area (Å²) in [4.78, 5) is 0. The van der Waals surface area contributed by atoms with Crippen molar-refractivity contribution >= 4 is 43.5 Å². The lowest BCUT2D eigenvalue weighted by Crippen LogP contribution is -2.00. The minimum atomic E-state index is 0.845. The minimum absolute atomic E-state index is 0.845. The van der Waals surface area contributed by atoms with E-state index in [2.05, 4.69) is 63.3 Å². The van der Waals surface area contributed by atoms with Gasteiger partial charge in [0.25, 0.3) is 0 Å². The lowest BCUT2D eigenvalue weighted by Gasteiger charge is -2.09. The van der Waals surface area contributed by atoms with E-state index >= 15 is 0 Å². The van der Waals surface area contributed by atoms with Crippen molar-refractivity contribution in [2.75, 3.05) is 0 Å². The summed E-state index contributed by atoms with van der Waals surface area (Å²) in [6, 6.07) is 22.9. The molecule has 4 nitrogen and oxygen atoms in total. The largest absolute Gasteiger partial charge is 0.464 e. The Hall–Kier alpha value is -3.66. The summed E-state index contributed by atoms with van der Waals surface area (Å²) in [5, 5.41) is 14.3. The van der Waals surface area contributed by atoms with Crippen molar-refractivity contribution in [1.29, 1.82) is 0 Å². The highest BCUT2D eigenvalue weighted by molar-refractivity contribution is 6.13. The first-order valence-electron chi connectivity index (χ1n) is 8.51. The molecule has 0 N–H and O–H groups in total. The van der Waals surface area contributed by atoms with Crippen LogP contribution in [0, 0.1) is 0 Å². The normalized spacial score (nSPS) is 11.8. The van der Waals surface area contributed by atoms with Gasteiger partial charge in [0.15, 0.2) is 5.82 Å². The number of rotatable bonds is 1. The second kappa shape index (κ2) is 4.92. The van der Waals surface area contributed by atoms with Gasteiger partial charge in [0.1, 0.15) is 5.58 Å². The van der Waals surface area contributed by atoms with Crippen LogP contribution in [0.15, 0.2) is 83.6 Å². The van der Waals surface area contributed by atoms with Gasteiger partial charge in [-0.1, -0.05) is 42.5 Å². The molecule has 3 aromatic carbocycles. The molecule has 0 aliphatic heterocycles. The highest BCUT2D eigenvalue weighted by atomic mass is 16.3. The summed E-state index contributed by atoms with van der Waals surface area (Å²) >= 11 is 0. The molecule has 0 radical (unpaired) electrons. The van der Waals surface area contributed by atoms with Crippen LogP contribution in [0.25, 0.3) is 49.4 Å². The van der Waals surface area contributed by atoms with Crippen LogP contribution < -0.4 is 0 Å². The Balaban J connectivity index is 1.87. The SMILES string of the molecule is c1ccc2c(-n3c4ccccc4c4cc5occc5cc43)nncc2c1. The van der Waals surface area contributed by atoms with E-state index in [1.54, 1.807) is 12.5 Å². The molecule has 0 bridgehead atoms. The molecule has 0 aliphatic rings. The first-order chi connectivity index (χ1) is 12.9. The fraction of sp³-hybridized carbons (Fsp3) is 0. The molecule has 0 spiro atoms. The van der Waals surface area contributed by atoms with Gasteiger partial charge in [0.2, 0.25) is 0 Å². The Labute approximate surface area is 148 Å². The number of fused-ring (bicyclic) bond motifs is 5. The number of aromatic nitrogens is 3. The highest BCUT2D eigenvalue weighted by Crippen LogP contribution is 2.35. The molecule has 4 heteroatoms. The number of furan rings is 1. The molecule has 6 rings (SSSR count). The van der Waals surface area contributed by atoms with Gasteiger partial charge in [-0.25, -0.2) is 0 Å². The maximum atomic E-state index is 5.62. The van der Waals surface area contributed by atoms with Crippen molar-refractivity contribution in [1.82, 2.24) is 14.8 Å². The summed E-state index contributed by atoms with van der Waals surface area (Å²) in [5.41, 5.74) is 3.11. The Morgan fingerprint density at radius 2 is 1.58 bits per heavy atom. The van der Waals surface area contributed by atoms with Gasteiger partial charge in [-0.2, -0.15) is 5.10 Å². The summed E-state index contributed by atoms with van der Waals surface area (Å²) in [6.07, 6.45) is 3.54. The average molecular weight is 335 g/mol. The van der Waals surface area contributed by atoms with Gasteiger partial charge in [-0.05, 0) is 24.3 Å². The molecule has 26 heavy (non-hydrogen) atoms. The summed E-state index contributed by atoms with van der Waals surface area (Å²) in [6.45, 7) is 0. The zero-order valence-electron chi connectivity index (χ0n) is 13.8. The van der Waals surface area contributed by atoms with E-state index in [1.807, 2.05) is 18.2 Å². The quantitative estimate of drug-likeness (QED) is 0.400. The molecule has 3 aromatic heterocycles. The molecule has 0 amide bonds. The third kappa shape index (κ3) is 1.73. The van der Waals surface area contributed by atoms with Crippen molar-refractivity contribution in [3.05, 3.63) is 79.2 Å². The number of benzene rings is 3. The molecule has 0 saturated heterocycles. The standard InChI is InChI=1S/C22H13N3O/c1-2-6-16-15(5-1)13-23-24-22(16)25-19-8-4-3-7-17(19)18-12-21-14(9-10-26-21)11-20(18)25/h1-13H. The van der Waals surface area contributed by atoms with E-state index in [0.29, 0.717) is 0 Å². The lowest BCUT2D eigenvalue weighted by molar-refractivity contribution is 0.616. The number of hydrogen-bond acceptors (Lipinski definition) is 3. The van der Waals surface area contributed by atoms with E-state index in [9.17, 15) is 0 Å². The van der Waals surface area contributed by atoms with Crippen molar-refractivity contribution in [3.63, 3.8) is 0 Å². The highest BCUT2D eigenvalue weighted by Gasteiger charge is 2.16. The fourth-order valence-electron chi connectivity index (χ4n) is 3.83. The van der Waals surface area contributed by atoms with Crippen molar-refractivity contribution < 1.29 is 4.42 Å². The smallest absolute Gasteiger partial charge is 0.168 e. The molecular formula is C22H13N3O. The topological polar surface area (TPSA) is 43.9 Å². The third-order valence-corrected chi connectivity index (χ3v) is 5.01. The average Bonchev–Trinajstić information content (AvgIpc) is 3.27. The first kappa shape index (κ1) is 13.6. The molecule has 6 aromatic rings. The fourth-order valence-corrected chi connectivity index (χ4v) is 3.83. The van der Waals surface area contributed by atoms with Gasteiger partial charge >= 0.3 is 0 Å². The summed E-state index contributed by atoms with van der Waals surface area (Å²) < 4.78 is 7.82. The van der Waals surface area contributed by atoms with Crippen molar-refractivity contribution in [3.8, 4) is 5.82 Å². The maximum absolute atomic E-state index is 5.62. The van der Waals surface area contributed by atoms with Crippen LogP contribution in [0.4, 0.5) is 0 Å². The van der Waals surface area contributed by atoms with E-state index in [1.165, 1.54) is 5.39 Å². The van der Waals surface area contributed by atoms with Crippen LogP contribution in [-0.4, -0.2) is 14.8 Å². The van der Waals surface area contributed by atoms with E-state index in [4.69, 9.17) is 4.42 Å². The second-order valence-electron chi connectivity index (χ2n) is 6.44. The summed E-state index contributed by atoms with van der Waals surface area (Å²) in [5.74, 6) is 0.845. The molecule has 0 atom stereocenters. The monoisotopic (exact) mass is 335 g/mol. The Bertz CT molecular complexity index is 1440. The van der Waals surface area contributed by atoms with E-state index in [-0.39, 0.29) is 0 Å².